The van der Waals surface area contributed by atoms with Crippen LogP contribution in [0.1, 0.15) is 10.4 Å². The van der Waals surface area contributed by atoms with Gasteiger partial charge in [-0.15, -0.1) is 0 Å². The summed E-state index contributed by atoms with van der Waals surface area (Å²) in [5.74, 6) is -0.724. The van der Waals surface area contributed by atoms with Crippen LogP contribution < -0.4 is 19.3 Å². The van der Waals surface area contributed by atoms with E-state index in [1.54, 1.807) is 12.1 Å². The van der Waals surface area contributed by atoms with E-state index in [4.69, 9.17) is 9.47 Å². The maximum atomic E-state index is 12.4. The van der Waals surface area contributed by atoms with Gasteiger partial charge in [0.1, 0.15) is 11.5 Å². The Labute approximate surface area is 133 Å². The number of carboxylic acid groups (broad SMARTS) is 1. The van der Waals surface area contributed by atoms with Crippen molar-refractivity contribution < 1.29 is 27.8 Å². The lowest BCUT2D eigenvalue weighted by molar-refractivity contribution is -0.255. The van der Waals surface area contributed by atoms with Crippen LogP contribution >= 0.6 is 0 Å². The summed E-state index contributed by atoms with van der Waals surface area (Å²) < 4.78 is 37.3. The Bertz CT molecular complexity index is 832. The maximum absolute atomic E-state index is 12.4. The number of rotatable bonds is 6. The Morgan fingerprint density at radius 1 is 1.09 bits per heavy atom. The molecule has 7 nitrogen and oxygen atoms in total. The summed E-state index contributed by atoms with van der Waals surface area (Å²) in [4.78, 5) is 10.7. The van der Waals surface area contributed by atoms with E-state index in [0.717, 1.165) is 6.07 Å². The van der Waals surface area contributed by atoms with Gasteiger partial charge in [-0.2, -0.15) is 0 Å². The van der Waals surface area contributed by atoms with Gasteiger partial charge in [0.25, 0.3) is 10.0 Å². The van der Waals surface area contributed by atoms with Crippen molar-refractivity contribution >= 4 is 21.7 Å². The van der Waals surface area contributed by atoms with E-state index >= 15 is 0 Å². The normalized spacial score (nSPS) is 10.9. The van der Waals surface area contributed by atoms with Crippen molar-refractivity contribution in [2.24, 2.45) is 0 Å². The third-order valence-electron chi connectivity index (χ3n) is 3.03. The third-order valence-corrected chi connectivity index (χ3v) is 4.39. The van der Waals surface area contributed by atoms with Gasteiger partial charge >= 0.3 is 0 Å². The van der Waals surface area contributed by atoms with Crippen LogP contribution in [0.25, 0.3) is 0 Å². The number of carbonyl (C=O) groups is 1. The SMILES string of the molecule is COc1ccc(OC)c(NS(=O)(=O)c2cccc(C(=O)[O-])c2)c1. The summed E-state index contributed by atoms with van der Waals surface area (Å²) >= 11 is 0. The predicted octanol–water partition coefficient (Wildman–Crippen LogP) is 0.868. The van der Waals surface area contributed by atoms with Gasteiger partial charge in [-0.3, -0.25) is 4.72 Å². The average Bonchev–Trinajstić information content (AvgIpc) is 2.54. The van der Waals surface area contributed by atoms with E-state index in [0.29, 0.717) is 11.5 Å². The molecule has 23 heavy (non-hydrogen) atoms. The molecule has 122 valence electrons. The predicted molar refractivity (Wildman–Crippen MR) is 81.1 cm³/mol. The Balaban J connectivity index is 2.42. The minimum Gasteiger partial charge on any atom is -0.545 e. The van der Waals surface area contributed by atoms with Gasteiger partial charge in [-0.25, -0.2) is 8.42 Å². The van der Waals surface area contributed by atoms with Gasteiger partial charge < -0.3 is 19.4 Å². The molecule has 0 spiro atoms. The summed E-state index contributed by atoms with van der Waals surface area (Å²) in [5.41, 5.74) is -0.0591. The molecule has 0 saturated heterocycles. The quantitative estimate of drug-likeness (QED) is 0.839. The summed E-state index contributed by atoms with van der Waals surface area (Å²) in [6, 6.07) is 9.50. The number of sulfonamides is 1. The van der Waals surface area contributed by atoms with Crippen molar-refractivity contribution in [3.63, 3.8) is 0 Å². The van der Waals surface area contributed by atoms with Crippen molar-refractivity contribution in [2.45, 2.75) is 4.90 Å². The lowest BCUT2D eigenvalue weighted by Crippen LogP contribution is -2.23. The summed E-state index contributed by atoms with van der Waals surface area (Å²) in [6.07, 6.45) is 0. The van der Waals surface area contributed by atoms with Crippen molar-refractivity contribution in [1.29, 1.82) is 0 Å². The van der Waals surface area contributed by atoms with E-state index in [1.807, 2.05) is 0 Å². The second kappa shape index (κ2) is 6.57. The lowest BCUT2D eigenvalue weighted by Gasteiger charge is -2.13. The topological polar surface area (TPSA) is 105 Å². The van der Waals surface area contributed by atoms with Crippen LogP contribution in [0.4, 0.5) is 5.69 Å². The molecular formula is C15H14NO6S-. The molecule has 0 saturated carbocycles. The summed E-state index contributed by atoms with van der Waals surface area (Å²) in [5, 5.41) is 10.9. The van der Waals surface area contributed by atoms with Gasteiger partial charge in [0.2, 0.25) is 0 Å². The van der Waals surface area contributed by atoms with E-state index in [9.17, 15) is 18.3 Å². The molecule has 0 radical (unpaired) electrons. The number of benzene rings is 2. The van der Waals surface area contributed by atoms with Crippen LogP contribution in [-0.2, 0) is 10.0 Å². The molecule has 0 aliphatic carbocycles. The number of carboxylic acids is 1. The Kier molecular flexibility index (Phi) is 4.75. The largest absolute Gasteiger partial charge is 0.545 e. The van der Waals surface area contributed by atoms with Crippen molar-refractivity contribution in [3.05, 3.63) is 48.0 Å². The molecular weight excluding hydrogens is 322 g/mol. The number of aromatic carboxylic acids is 1. The highest BCUT2D eigenvalue weighted by Gasteiger charge is 2.17. The minimum atomic E-state index is -4.00. The van der Waals surface area contributed by atoms with Gasteiger partial charge in [0.15, 0.2) is 0 Å². The second-order valence-electron chi connectivity index (χ2n) is 4.49. The standard InChI is InChI=1S/C15H15NO6S/c1-21-11-6-7-14(22-2)13(9-11)16-23(19,20)12-5-3-4-10(8-12)15(17)18/h3-9,16H,1-2H3,(H,17,18)/p-1. The van der Waals surface area contributed by atoms with Crippen LogP contribution in [0.2, 0.25) is 0 Å². The fourth-order valence-corrected chi connectivity index (χ4v) is 2.99. The Morgan fingerprint density at radius 2 is 1.83 bits per heavy atom. The van der Waals surface area contributed by atoms with Crippen LogP contribution in [0, 0.1) is 0 Å². The first kappa shape index (κ1) is 16.6. The van der Waals surface area contributed by atoms with Gasteiger partial charge in [0, 0.05) is 6.07 Å². The smallest absolute Gasteiger partial charge is 0.262 e. The molecule has 0 aliphatic heterocycles. The highest BCUT2D eigenvalue weighted by Crippen LogP contribution is 2.30. The molecule has 2 aromatic carbocycles. The molecule has 0 bridgehead atoms. The number of nitrogens with one attached hydrogen (secondary N) is 1. The molecule has 1 N–H and O–H groups in total. The molecule has 0 amide bonds. The lowest BCUT2D eigenvalue weighted by atomic mass is 10.2. The van der Waals surface area contributed by atoms with Crippen molar-refractivity contribution in [2.75, 3.05) is 18.9 Å². The van der Waals surface area contributed by atoms with Gasteiger partial charge in [0.05, 0.1) is 30.8 Å². The van der Waals surface area contributed by atoms with Gasteiger partial charge in [-0.05, 0) is 29.8 Å². The molecule has 0 fully saturated rings. The average molecular weight is 336 g/mol. The van der Waals surface area contributed by atoms with Crippen molar-refractivity contribution in [1.82, 2.24) is 0 Å². The summed E-state index contributed by atoms with van der Waals surface area (Å²) in [6.45, 7) is 0. The van der Waals surface area contributed by atoms with E-state index in [1.165, 1.54) is 38.5 Å². The van der Waals surface area contributed by atoms with Crippen LogP contribution in [0.5, 0.6) is 11.5 Å². The maximum Gasteiger partial charge on any atom is 0.262 e. The molecule has 0 atom stereocenters. The summed E-state index contributed by atoms with van der Waals surface area (Å²) in [7, 11) is -1.16. The third kappa shape index (κ3) is 3.72. The van der Waals surface area contributed by atoms with E-state index < -0.39 is 16.0 Å². The first-order valence-electron chi connectivity index (χ1n) is 6.43. The highest BCUT2D eigenvalue weighted by atomic mass is 32.2. The van der Waals surface area contributed by atoms with Gasteiger partial charge in [-0.1, -0.05) is 12.1 Å². The number of hydrogen-bond acceptors (Lipinski definition) is 6. The Morgan fingerprint density at radius 3 is 2.43 bits per heavy atom. The number of hydrogen-bond donors (Lipinski definition) is 1. The van der Waals surface area contributed by atoms with Crippen molar-refractivity contribution in [3.8, 4) is 11.5 Å². The number of methoxy groups -OCH3 is 2. The fourth-order valence-electron chi connectivity index (χ4n) is 1.89. The molecule has 0 unspecified atom stereocenters. The molecule has 0 aliphatic rings. The second-order valence-corrected chi connectivity index (χ2v) is 6.17. The number of anilines is 1. The zero-order chi connectivity index (χ0) is 17.0. The monoisotopic (exact) mass is 336 g/mol. The number of ether oxygens (including phenoxy) is 2. The zero-order valence-corrected chi connectivity index (χ0v) is 13.2. The van der Waals surface area contributed by atoms with Crippen LogP contribution in [0.15, 0.2) is 47.4 Å². The molecule has 2 aromatic rings. The van der Waals surface area contributed by atoms with Crippen LogP contribution in [-0.4, -0.2) is 28.6 Å². The fraction of sp³-hybridized carbons (Fsp3) is 0.133. The number of carbonyl (C=O) groups excluding carboxylic acids is 1. The zero-order valence-electron chi connectivity index (χ0n) is 12.4. The molecule has 8 heteroatoms. The highest BCUT2D eigenvalue weighted by molar-refractivity contribution is 7.92. The molecule has 2 rings (SSSR count). The van der Waals surface area contributed by atoms with E-state index in [2.05, 4.69) is 4.72 Å². The van der Waals surface area contributed by atoms with E-state index in [-0.39, 0.29) is 16.1 Å². The van der Waals surface area contributed by atoms with Crippen LogP contribution in [0.3, 0.4) is 0 Å². The minimum absolute atomic E-state index is 0.172. The molecule has 0 aromatic heterocycles. The first-order valence-corrected chi connectivity index (χ1v) is 7.92. The molecule has 0 heterocycles. The first-order chi connectivity index (χ1) is 10.9. The Hall–Kier alpha value is -2.74.